The Labute approximate surface area is 402 Å². The van der Waals surface area contributed by atoms with Crippen molar-refractivity contribution in [3.63, 3.8) is 0 Å². The smallest absolute Gasteiger partial charge is 0.311 e. The average Bonchev–Trinajstić information content (AvgIpc) is 3.25. The van der Waals surface area contributed by atoms with Crippen molar-refractivity contribution >= 4 is 11.9 Å². The van der Waals surface area contributed by atoms with Crippen molar-refractivity contribution in [1.29, 1.82) is 0 Å². The maximum atomic E-state index is 14.1. The topological polar surface area (TPSA) is 313 Å². The van der Waals surface area contributed by atoms with Crippen molar-refractivity contribution in [3.8, 4) is 0 Å². The number of nitrogens with two attached hydrogens (primary N) is 2. The van der Waals surface area contributed by atoms with E-state index in [9.17, 15) is 61.0 Å². The van der Waals surface area contributed by atoms with Gasteiger partial charge in [0.25, 0.3) is 0 Å². The third kappa shape index (κ3) is 27.7. The molecule has 0 aromatic rings. The van der Waals surface area contributed by atoms with E-state index in [1.807, 2.05) is 33.8 Å². The van der Waals surface area contributed by atoms with Crippen LogP contribution in [-0.2, 0) is 9.53 Å². The number of guanidine groups is 1. The van der Waals surface area contributed by atoms with Crippen molar-refractivity contribution in [2.45, 2.75) is 256 Å². The molecular formula is C51H97N3O13. The van der Waals surface area contributed by atoms with Crippen LogP contribution in [0, 0.1) is 23.7 Å². The molecule has 0 saturated carbocycles. The Morgan fingerprint density at radius 1 is 0.642 bits per heavy atom. The van der Waals surface area contributed by atoms with Gasteiger partial charge in [0.2, 0.25) is 0 Å². The van der Waals surface area contributed by atoms with Crippen molar-refractivity contribution < 1.29 is 65.7 Å². The zero-order chi connectivity index (χ0) is 50.6. The minimum atomic E-state index is -1.38. The Balaban J connectivity index is 3.25. The molecule has 0 aliphatic carbocycles. The van der Waals surface area contributed by atoms with Crippen LogP contribution in [0.2, 0.25) is 0 Å². The molecule has 16 atom stereocenters. The molecule has 0 aromatic heterocycles. The van der Waals surface area contributed by atoms with Gasteiger partial charge in [-0.15, -0.1) is 0 Å². The molecule has 16 heteroatoms. The summed E-state index contributed by atoms with van der Waals surface area (Å²) in [6.07, 6.45) is 1.05. The summed E-state index contributed by atoms with van der Waals surface area (Å²) in [6, 6.07) is 0. The Morgan fingerprint density at radius 3 is 1.82 bits per heavy atom. The van der Waals surface area contributed by atoms with E-state index in [1.54, 1.807) is 6.92 Å². The molecule has 0 aromatic carbocycles. The molecule has 0 radical (unpaired) electrons. The largest absolute Gasteiger partial charge is 0.462 e. The summed E-state index contributed by atoms with van der Waals surface area (Å²) in [5, 5.41) is 119. The van der Waals surface area contributed by atoms with E-state index in [4.69, 9.17) is 16.2 Å². The highest BCUT2D eigenvalue weighted by Gasteiger charge is 2.36. The number of hydrogen-bond acceptors (Lipinski definition) is 14. The second-order valence-corrected chi connectivity index (χ2v) is 20.3. The van der Waals surface area contributed by atoms with Crippen LogP contribution in [0.15, 0.2) is 28.3 Å². The van der Waals surface area contributed by atoms with Gasteiger partial charge in [-0.2, -0.15) is 0 Å². The summed E-state index contributed by atoms with van der Waals surface area (Å²) in [5.74, 6) is -2.48. The quantitative estimate of drug-likeness (QED) is 0.0534. The van der Waals surface area contributed by atoms with Gasteiger partial charge in [-0.25, -0.2) is 0 Å². The number of aliphatic hydroxyl groups is 11. The number of rotatable bonds is 8. The number of ether oxygens (including phenoxy) is 1. The number of hydrogen-bond donors (Lipinski definition) is 13. The highest BCUT2D eigenvalue weighted by molar-refractivity contribution is 5.75. The number of aliphatic hydroxyl groups excluding tert-OH is 11. The minimum absolute atomic E-state index is 0.0368. The zero-order valence-electron chi connectivity index (χ0n) is 42.0. The van der Waals surface area contributed by atoms with Crippen LogP contribution in [0.3, 0.4) is 0 Å². The molecule has 16 unspecified atom stereocenters. The SMILES string of the molecule is CCCCCC1C(=O)OC(CCCN=C(N)N)C(C)C(O)C(C)C=C(C)CCCCC(O)CC(O)CC(O)CC(O)CC(O)C(O)C=C(C)C(O)CCCC(O)CCCC(O)CCC(C)C1O. The van der Waals surface area contributed by atoms with E-state index in [0.29, 0.717) is 102 Å². The first-order chi connectivity index (χ1) is 31.5. The second-order valence-electron chi connectivity index (χ2n) is 20.3. The molecule has 0 fully saturated rings. The van der Waals surface area contributed by atoms with E-state index < -0.39 is 91.1 Å². The lowest BCUT2D eigenvalue weighted by molar-refractivity contribution is -0.165. The summed E-state index contributed by atoms with van der Waals surface area (Å²) in [5.41, 5.74) is 12.6. The molecule has 0 saturated heterocycles. The summed E-state index contributed by atoms with van der Waals surface area (Å²) < 4.78 is 6.24. The lowest BCUT2D eigenvalue weighted by atomic mass is 9.84. The standard InChI is InChI=1S/C51H97N3O13/c1-7-8-9-20-43-49(65)33(3)23-24-38(56)18-12-17-37(55)19-13-21-44(61)34(4)27-45(62)46(63)31-42(60)30-41(59)29-40(58)28-39(57)16-11-10-15-32(2)26-35(5)48(64)36(6)47(67-50(43)66)22-14-25-54-51(52)53/h26-27,33,35-49,55-65H,7-25,28-31H2,1-6H3,(H4,52,53,54). The summed E-state index contributed by atoms with van der Waals surface area (Å²) in [6.45, 7) is 11.6. The highest BCUT2D eigenvalue weighted by Crippen LogP contribution is 2.30. The fourth-order valence-corrected chi connectivity index (χ4v) is 9.26. The van der Waals surface area contributed by atoms with Crippen LogP contribution < -0.4 is 11.5 Å². The summed E-state index contributed by atoms with van der Waals surface area (Å²) in [7, 11) is 0. The van der Waals surface area contributed by atoms with Gasteiger partial charge >= 0.3 is 5.97 Å². The zero-order valence-corrected chi connectivity index (χ0v) is 42.0. The number of aliphatic imine (C=N–C) groups is 1. The monoisotopic (exact) mass is 960 g/mol. The Kier molecular flexibility index (Phi) is 32.8. The molecule has 0 bridgehead atoms. The van der Waals surface area contributed by atoms with Gasteiger partial charge in [0, 0.05) is 24.8 Å². The predicted molar refractivity (Wildman–Crippen MR) is 262 cm³/mol. The first-order valence-corrected chi connectivity index (χ1v) is 25.7. The van der Waals surface area contributed by atoms with Crippen molar-refractivity contribution in [3.05, 3.63) is 23.3 Å². The maximum absolute atomic E-state index is 14.1. The van der Waals surface area contributed by atoms with Crippen molar-refractivity contribution in [2.24, 2.45) is 40.1 Å². The molecule has 67 heavy (non-hydrogen) atoms. The molecule has 394 valence electrons. The van der Waals surface area contributed by atoms with Gasteiger partial charge in [-0.3, -0.25) is 9.79 Å². The summed E-state index contributed by atoms with van der Waals surface area (Å²) >= 11 is 0. The van der Waals surface area contributed by atoms with E-state index >= 15 is 0 Å². The fraction of sp³-hybridized carbons (Fsp3) is 0.882. The van der Waals surface area contributed by atoms with Gasteiger partial charge in [0.05, 0.1) is 73.1 Å². The van der Waals surface area contributed by atoms with Crippen molar-refractivity contribution in [2.75, 3.05) is 6.54 Å². The number of nitrogens with zero attached hydrogens (tertiary/aromatic N) is 1. The highest BCUT2D eigenvalue weighted by atomic mass is 16.5. The first kappa shape index (κ1) is 62.8. The molecule has 1 aliphatic rings. The van der Waals surface area contributed by atoms with E-state index in [1.165, 1.54) is 6.08 Å². The van der Waals surface area contributed by atoms with Gasteiger partial charge in [0.1, 0.15) is 6.10 Å². The third-order valence-electron chi connectivity index (χ3n) is 13.7. The van der Waals surface area contributed by atoms with E-state index in [-0.39, 0.29) is 43.5 Å². The molecule has 1 aliphatic heterocycles. The van der Waals surface area contributed by atoms with E-state index in [0.717, 1.165) is 31.3 Å². The van der Waals surface area contributed by atoms with Crippen LogP contribution >= 0.6 is 0 Å². The second kappa shape index (κ2) is 35.0. The van der Waals surface area contributed by atoms with E-state index in [2.05, 4.69) is 11.9 Å². The van der Waals surface area contributed by atoms with Crippen LogP contribution in [0.5, 0.6) is 0 Å². The lowest BCUT2D eigenvalue weighted by Crippen LogP contribution is -2.41. The number of carbonyl (C=O) groups is 1. The third-order valence-corrected chi connectivity index (χ3v) is 13.7. The number of cyclic esters (lactones) is 1. The molecule has 16 nitrogen and oxygen atoms in total. The molecule has 15 N–H and O–H groups in total. The normalized spacial score (nSPS) is 36.3. The van der Waals surface area contributed by atoms with Crippen LogP contribution in [0.1, 0.15) is 183 Å². The van der Waals surface area contributed by atoms with Crippen molar-refractivity contribution in [1.82, 2.24) is 0 Å². The summed E-state index contributed by atoms with van der Waals surface area (Å²) in [4.78, 5) is 18.2. The number of esters is 1. The Bertz CT molecular complexity index is 1400. The van der Waals surface area contributed by atoms with Gasteiger partial charge in [0.15, 0.2) is 5.96 Å². The number of allylic oxidation sites excluding steroid dienone is 1. The Morgan fingerprint density at radius 2 is 1.21 bits per heavy atom. The molecular weight excluding hydrogens is 863 g/mol. The average molecular weight is 960 g/mol. The first-order valence-electron chi connectivity index (χ1n) is 25.7. The van der Waals surface area contributed by atoms with Gasteiger partial charge < -0.3 is 72.4 Å². The predicted octanol–water partition coefficient (Wildman–Crippen LogP) is 4.17. The van der Waals surface area contributed by atoms with Gasteiger partial charge in [-0.05, 0) is 134 Å². The maximum Gasteiger partial charge on any atom is 0.311 e. The van der Waals surface area contributed by atoms with Crippen LogP contribution in [0.25, 0.3) is 0 Å². The van der Waals surface area contributed by atoms with Gasteiger partial charge in [-0.1, -0.05) is 71.1 Å². The minimum Gasteiger partial charge on any atom is -0.462 e. The van der Waals surface area contributed by atoms with Crippen LogP contribution in [0.4, 0.5) is 0 Å². The molecule has 0 amide bonds. The molecule has 1 heterocycles. The number of unbranched alkanes of at least 4 members (excludes halogenated alkanes) is 2. The van der Waals surface area contributed by atoms with Crippen LogP contribution in [-0.4, -0.2) is 148 Å². The molecule has 0 spiro atoms. The molecule has 1 rings (SSSR count). The number of carbonyl (C=O) groups excluding carboxylic acids is 1. The Hall–Kier alpha value is -2.22. The lowest BCUT2D eigenvalue weighted by Gasteiger charge is -2.33. The fourth-order valence-electron chi connectivity index (χ4n) is 9.26.